The summed E-state index contributed by atoms with van der Waals surface area (Å²) in [5.41, 5.74) is -0.586. The Hall–Kier alpha value is -2.12. The lowest BCUT2D eigenvalue weighted by Crippen LogP contribution is -2.48. The third kappa shape index (κ3) is 6.19. The molecule has 1 aromatic rings. The van der Waals surface area contributed by atoms with Gasteiger partial charge in [0.2, 0.25) is 5.91 Å². The highest BCUT2D eigenvalue weighted by Crippen LogP contribution is 2.37. The number of carbonyl (C=O) groups excluding carboxylic acids is 2. The molecule has 7 heteroatoms. The lowest BCUT2D eigenvalue weighted by molar-refractivity contribution is -0.183. The number of likely N-dealkylation sites (tertiary alicyclic amines) is 1. The van der Waals surface area contributed by atoms with Gasteiger partial charge in [0, 0.05) is 32.6 Å². The molecule has 2 saturated heterocycles. The maximum absolute atomic E-state index is 12.8. The van der Waals surface area contributed by atoms with Crippen LogP contribution in [-0.4, -0.2) is 67.8 Å². The molecule has 3 rings (SSSR count). The molecule has 1 aromatic carbocycles. The van der Waals surface area contributed by atoms with Crippen molar-refractivity contribution in [1.29, 1.82) is 0 Å². The molecule has 7 nitrogen and oxygen atoms in total. The molecule has 2 aliphatic heterocycles. The van der Waals surface area contributed by atoms with E-state index >= 15 is 0 Å². The van der Waals surface area contributed by atoms with E-state index in [0.717, 1.165) is 31.7 Å². The Morgan fingerprint density at radius 3 is 2.53 bits per heavy atom. The predicted octanol–water partition coefficient (Wildman–Crippen LogP) is 3.04. The number of carbonyl (C=O) groups is 2. The molecule has 0 spiro atoms. The second-order valence-electron chi connectivity index (χ2n) is 8.01. The summed E-state index contributed by atoms with van der Waals surface area (Å²) in [5, 5.41) is 1.90. The first-order chi connectivity index (χ1) is 14.6. The van der Waals surface area contributed by atoms with Crippen LogP contribution in [0.1, 0.15) is 45.4 Å². The topological polar surface area (TPSA) is 68.3 Å². The number of hydroxylamine groups is 2. The number of rotatable bonds is 9. The van der Waals surface area contributed by atoms with Crippen LogP contribution in [0.3, 0.4) is 0 Å². The molecule has 166 valence electrons. The van der Waals surface area contributed by atoms with E-state index in [1.807, 2.05) is 47.2 Å². The fraction of sp³-hybridized carbons (Fsp3) is 0.652. The van der Waals surface area contributed by atoms with Crippen LogP contribution < -0.4 is 4.74 Å². The summed E-state index contributed by atoms with van der Waals surface area (Å²) in [5.74, 6) is 0.752. The van der Waals surface area contributed by atoms with E-state index in [1.54, 1.807) is 0 Å². The third-order valence-corrected chi connectivity index (χ3v) is 6.03. The molecule has 0 saturated carbocycles. The monoisotopic (exact) mass is 418 g/mol. The molecule has 0 aromatic heterocycles. The minimum absolute atomic E-state index is 0.127. The van der Waals surface area contributed by atoms with Crippen molar-refractivity contribution in [3.63, 3.8) is 0 Å². The summed E-state index contributed by atoms with van der Waals surface area (Å²) in [6.07, 6.45) is 4.45. The van der Waals surface area contributed by atoms with Crippen LogP contribution in [0.4, 0.5) is 0 Å². The van der Waals surface area contributed by atoms with Crippen molar-refractivity contribution in [2.75, 3.05) is 46.0 Å². The van der Waals surface area contributed by atoms with Gasteiger partial charge >= 0.3 is 5.97 Å². The average Bonchev–Trinajstić information content (AvgIpc) is 2.79. The van der Waals surface area contributed by atoms with Gasteiger partial charge in [0.15, 0.2) is 0 Å². The largest absolute Gasteiger partial charge is 0.494 e. The molecule has 2 aliphatic rings. The third-order valence-electron chi connectivity index (χ3n) is 6.03. The molecule has 0 aliphatic carbocycles. The fourth-order valence-corrected chi connectivity index (χ4v) is 4.11. The van der Waals surface area contributed by atoms with E-state index in [4.69, 9.17) is 14.3 Å². The summed E-state index contributed by atoms with van der Waals surface area (Å²) in [6, 6.07) is 9.61. The number of nitrogens with zero attached hydrogens (tertiary/aromatic N) is 2. The first kappa shape index (κ1) is 22.6. The zero-order valence-corrected chi connectivity index (χ0v) is 18.0. The second-order valence-corrected chi connectivity index (χ2v) is 8.01. The van der Waals surface area contributed by atoms with Gasteiger partial charge in [0.1, 0.15) is 5.75 Å². The molecule has 0 bridgehead atoms. The first-order valence-electron chi connectivity index (χ1n) is 11.1. The molecular weight excluding hydrogens is 384 g/mol. The summed E-state index contributed by atoms with van der Waals surface area (Å²) in [7, 11) is 0. The van der Waals surface area contributed by atoms with Crippen molar-refractivity contribution in [3.05, 3.63) is 30.3 Å². The number of benzene rings is 1. The zero-order chi connectivity index (χ0) is 21.2. The van der Waals surface area contributed by atoms with Gasteiger partial charge in [-0.15, -0.1) is 0 Å². The molecular formula is C23H34N2O5. The van der Waals surface area contributed by atoms with E-state index in [9.17, 15) is 9.59 Å². The van der Waals surface area contributed by atoms with Crippen LogP contribution in [-0.2, 0) is 19.2 Å². The smallest absolute Gasteiger partial charge is 0.312 e. The average molecular weight is 419 g/mol. The number of hydrogen-bond acceptors (Lipinski definition) is 6. The Morgan fingerprint density at radius 1 is 1.10 bits per heavy atom. The number of amides is 1. The minimum atomic E-state index is -0.586. The number of piperidine rings is 1. The van der Waals surface area contributed by atoms with Crippen molar-refractivity contribution < 1.29 is 23.9 Å². The van der Waals surface area contributed by atoms with Crippen molar-refractivity contribution >= 4 is 11.9 Å². The van der Waals surface area contributed by atoms with Gasteiger partial charge in [-0.3, -0.25) is 14.4 Å². The number of ether oxygens (including phenoxy) is 2. The number of esters is 1. The first-order valence-corrected chi connectivity index (χ1v) is 11.1. The van der Waals surface area contributed by atoms with Gasteiger partial charge in [-0.05, 0) is 51.2 Å². The van der Waals surface area contributed by atoms with Crippen molar-refractivity contribution in [2.24, 2.45) is 5.41 Å². The zero-order valence-electron chi connectivity index (χ0n) is 18.0. The summed E-state index contributed by atoms with van der Waals surface area (Å²) >= 11 is 0. The highest BCUT2D eigenvalue weighted by atomic mass is 16.7. The molecule has 2 fully saturated rings. The van der Waals surface area contributed by atoms with Crippen molar-refractivity contribution in [2.45, 2.75) is 45.4 Å². The summed E-state index contributed by atoms with van der Waals surface area (Å²) in [6.45, 7) is 6.04. The van der Waals surface area contributed by atoms with Crippen LogP contribution in [0.25, 0.3) is 0 Å². The lowest BCUT2D eigenvalue weighted by atomic mass is 9.75. The Kier molecular flexibility index (Phi) is 8.51. The van der Waals surface area contributed by atoms with Gasteiger partial charge in [-0.1, -0.05) is 18.2 Å². The van der Waals surface area contributed by atoms with E-state index in [2.05, 4.69) is 0 Å². The molecule has 0 N–H and O–H groups in total. The van der Waals surface area contributed by atoms with E-state index < -0.39 is 5.41 Å². The summed E-state index contributed by atoms with van der Waals surface area (Å²) in [4.78, 5) is 32.9. The number of hydrogen-bond donors (Lipinski definition) is 0. The SMILES string of the molecule is CCOC(=O)C1(CCOc2ccccc2)CCN(C(=O)CCN2CCCCO2)CC1. The normalized spacial score (nSPS) is 19.3. The van der Waals surface area contributed by atoms with Crippen LogP contribution >= 0.6 is 0 Å². The van der Waals surface area contributed by atoms with Crippen LogP contribution in [0.2, 0.25) is 0 Å². The fourth-order valence-electron chi connectivity index (χ4n) is 4.11. The lowest BCUT2D eigenvalue weighted by Gasteiger charge is -2.40. The van der Waals surface area contributed by atoms with E-state index in [0.29, 0.717) is 58.5 Å². The van der Waals surface area contributed by atoms with Gasteiger partial charge in [0.05, 0.1) is 25.2 Å². The van der Waals surface area contributed by atoms with Crippen LogP contribution in [0.15, 0.2) is 30.3 Å². The number of para-hydroxylation sites is 1. The van der Waals surface area contributed by atoms with E-state index in [1.165, 1.54) is 0 Å². The minimum Gasteiger partial charge on any atom is -0.494 e. The highest BCUT2D eigenvalue weighted by molar-refractivity contribution is 5.79. The summed E-state index contributed by atoms with van der Waals surface area (Å²) < 4.78 is 11.2. The Balaban J connectivity index is 1.50. The highest BCUT2D eigenvalue weighted by Gasteiger charge is 2.43. The molecule has 0 atom stereocenters. The molecule has 2 heterocycles. The second kappa shape index (κ2) is 11.3. The molecule has 1 amide bonds. The predicted molar refractivity (Wildman–Crippen MR) is 113 cm³/mol. The van der Waals surface area contributed by atoms with Crippen molar-refractivity contribution in [3.8, 4) is 5.75 Å². The van der Waals surface area contributed by atoms with Gasteiger partial charge in [-0.25, -0.2) is 0 Å². The van der Waals surface area contributed by atoms with Gasteiger partial charge in [-0.2, -0.15) is 5.06 Å². The molecule has 30 heavy (non-hydrogen) atoms. The molecule has 0 unspecified atom stereocenters. The van der Waals surface area contributed by atoms with Gasteiger partial charge in [0.25, 0.3) is 0 Å². The van der Waals surface area contributed by atoms with Gasteiger partial charge < -0.3 is 14.4 Å². The van der Waals surface area contributed by atoms with Crippen molar-refractivity contribution in [1.82, 2.24) is 9.96 Å². The maximum Gasteiger partial charge on any atom is 0.312 e. The maximum atomic E-state index is 12.8. The van der Waals surface area contributed by atoms with Crippen LogP contribution in [0, 0.1) is 5.41 Å². The Labute approximate surface area is 179 Å². The Morgan fingerprint density at radius 2 is 1.87 bits per heavy atom. The standard InChI is InChI=1S/C23H34N2O5/c1-2-28-22(27)23(13-19-29-20-8-4-3-5-9-20)11-16-24(17-12-23)21(26)10-15-25-14-6-7-18-30-25/h3-5,8-9H,2,6-7,10-19H2,1H3. The molecule has 0 radical (unpaired) electrons. The van der Waals surface area contributed by atoms with E-state index in [-0.39, 0.29) is 11.9 Å². The quantitative estimate of drug-likeness (QED) is 0.574. The van der Waals surface area contributed by atoms with Crippen LogP contribution in [0.5, 0.6) is 5.75 Å². The Bertz CT molecular complexity index is 667.